The van der Waals surface area contributed by atoms with Gasteiger partial charge in [0.15, 0.2) is 5.60 Å². The average molecular weight is 650 g/mol. The van der Waals surface area contributed by atoms with Crippen molar-refractivity contribution in [3.05, 3.63) is 144 Å². The third-order valence-electron chi connectivity index (χ3n) is 10.3. The molecule has 8 rings (SSSR count). The Morgan fingerprint density at radius 2 is 1.59 bits per heavy atom. The summed E-state index contributed by atoms with van der Waals surface area (Å²) in [6, 6.07) is 33.6. The van der Waals surface area contributed by atoms with Crippen molar-refractivity contribution in [2.45, 2.75) is 38.0 Å². The van der Waals surface area contributed by atoms with Gasteiger partial charge >= 0.3 is 0 Å². The van der Waals surface area contributed by atoms with E-state index in [4.69, 9.17) is 0 Å². The second-order valence-corrected chi connectivity index (χ2v) is 13.0. The first-order chi connectivity index (χ1) is 23.8. The van der Waals surface area contributed by atoms with Crippen molar-refractivity contribution >= 4 is 51.2 Å². The Morgan fingerprint density at radius 1 is 0.857 bits per heavy atom. The van der Waals surface area contributed by atoms with Crippen LogP contribution in [0.2, 0.25) is 0 Å². The number of anilines is 4. The largest absolute Gasteiger partial charge is 0.394 e. The highest BCUT2D eigenvalue weighted by Crippen LogP contribution is 2.51. The Kier molecular flexibility index (Phi) is 7.43. The third kappa shape index (κ3) is 4.78. The van der Waals surface area contributed by atoms with E-state index < -0.39 is 17.4 Å². The van der Waals surface area contributed by atoms with E-state index >= 15 is 0 Å². The molecular formula is C41H35N3O5. The van der Waals surface area contributed by atoms with E-state index in [1.54, 1.807) is 41.0 Å². The normalized spacial score (nSPS) is 20.3. The number of aliphatic hydroxyl groups is 2. The van der Waals surface area contributed by atoms with Crippen LogP contribution in [0.25, 0.3) is 10.8 Å². The fourth-order valence-electron chi connectivity index (χ4n) is 7.68. The van der Waals surface area contributed by atoms with Gasteiger partial charge in [0.2, 0.25) is 5.91 Å². The number of benzene rings is 5. The molecule has 0 aliphatic carbocycles. The highest BCUT2D eigenvalue weighted by Gasteiger charge is 2.53. The summed E-state index contributed by atoms with van der Waals surface area (Å²) >= 11 is 0. The van der Waals surface area contributed by atoms with Gasteiger partial charge in [-0.2, -0.15) is 0 Å². The minimum Gasteiger partial charge on any atom is -0.394 e. The van der Waals surface area contributed by atoms with E-state index in [0.29, 0.717) is 41.2 Å². The summed E-state index contributed by atoms with van der Waals surface area (Å²) in [5.74, 6) is -1.56. The van der Waals surface area contributed by atoms with Gasteiger partial charge < -0.3 is 15.1 Å². The first-order valence-corrected chi connectivity index (χ1v) is 16.6. The van der Waals surface area contributed by atoms with Crippen LogP contribution in [0.1, 0.15) is 40.4 Å². The fraction of sp³-hybridized carbons (Fsp3) is 0.195. The Morgan fingerprint density at radius 3 is 2.37 bits per heavy atom. The maximum Gasteiger partial charge on any atom is 0.268 e. The van der Waals surface area contributed by atoms with Crippen LogP contribution >= 0.6 is 0 Å². The first-order valence-electron chi connectivity index (χ1n) is 16.6. The van der Waals surface area contributed by atoms with Crippen LogP contribution < -0.4 is 9.80 Å². The minimum atomic E-state index is -1.99. The smallest absolute Gasteiger partial charge is 0.268 e. The number of carbonyl (C=O) groups is 3. The van der Waals surface area contributed by atoms with Crippen LogP contribution in [0.4, 0.5) is 22.7 Å². The van der Waals surface area contributed by atoms with Gasteiger partial charge in [-0.3, -0.25) is 24.2 Å². The van der Waals surface area contributed by atoms with Crippen molar-refractivity contribution < 1.29 is 24.6 Å². The van der Waals surface area contributed by atoms with Crippen LogP contribution in [-0.2, 0) is 28.2 Å². The highest BCUT2D eigenvalue weighted by atomic mass is 16.3. The maximum atomic E-state index is 14.4. The molecule has 0 radical (unpaired) electrons. The second-order valence-electron chi connectivity index (χ2n) is 13.0. The van der Waals surface area contributed by atoms with Gasteiger partial charge in [-0.1, -0.05) is 85.8 Å². The fourth-order valence-corrected chi connectivity index (χ4v) is 7.68. The van der Waals surface area contributed by atoms with Gasteiger partial charge in [0.05, 0.1) is 29.6 Å². The lowest BCUT2D eigenvalue weighted by molar-refractivity contribution is -0.138. The van der Waals surface area contributed by atoms with Crippen LogP contribution in [-0.4, -0.2) is 45.5 Å². The number of rotatable bonds is 7. The zero-order valence-electron chi connectivity index (χ0n) is 27.0. The molecule has 8 heteroatoms. The number of hydrogen-bond acceptors (Lipinski definition) is 5. The van der Waals surface area contributed by atoms with Gasteiger partial charge in [-0.25, -0.2) is 0 Å². The number of amides is 3. The van der Waals surface area contributed by atoms with E-state index in [1.807, 2.05) is 97.1 Å². The van der Waals surface area contributed by atoms with E-state index in [0.717, 1.165) is 27.6 Å². The van der Waals surface area contributed by atoms with Gasteiger partial charge in [-0.05, 0) is 65.4 Å². The Bertz CT molecular complexity index is 2170. The third-order valence-corrected chi connectivity index (χ3v) is 10.3. The Labute approximate surface area is 284 Å². The zero-order valence-corrected chi connectivity index (χ0v) is 27.0. The lowest BCUT2D eigenvalue weighted by Gasteiger charge is -2.36. The lowest BCUT2D eigenvalue weighted by atomic mass is 9.82. The molecular weight excluding hydrogens is 614 g/mol. The number of aliphatic hydroxyl groups excluding tert-OH is 1. The molecule has 0 spiro atoms. The molecule has 3 aliphatic rings. The molecule has 5 aromatic rings. The predicted octanol–water partition coefficient (Wildman–Crippen LogP) is 6.53. The molecule has 0 aromatic heterocycles. The lowest BCUT2D eigenvalue weighted by Crippen LogP contribution is -2.46. The summed E-state index contributed by atoms with van der Waals surface area (Å²) < 4.78 is 0. The number of hydrogen-bond donors (Lipinski definition) is 2. The quantitative estimate of drug-likeness (QED) is 0.196. The SMILES string of the molecule is C[C@H](/C=C/CC(=O)N1Cc2ccccc2C[C@H]1CO)[C@@]1(O)C(=O)N(c2ccccc2)c2ccc(N3C(=O)c4cccc5cccc3c45)cc21. The topological polar surface area (TPSA) is 101 Å². The summed E-state index contributed by atoms with van der Waals surface area (Å²) in [5, 5.41) is 24.4. The van der Waals surface area contributed by atoms with Crippen molar-refractivity contribution in [2.24, 2.45) is 5.92 Å². The zero-order chi connectivity index (χ0) is 33.9. The predicted molar refractivity (Wildman–Crippen MR) is 189 cm³/mol. The number of carbonyl (C=O) groups excluding carboxylic acids is 3. The summed E-state index contributed by atoms with van der Waals surface area (Å²) in [6.45, 7) is 2.04. The van der Waals surface area contributed by atoms with E-state index in [-0.39, 0.29) is 30.9 Å². The molecule has 244 valence electrons. The molecule has 0 saturated carbocycles. The molecule has 3 heterocycles. The molecule has 3 aliphatic heterocycles. The molecule has 3 amide bonds. The van der Waals surface area contributed by atoms with Gasteiger partial charge in [-0.15, -0.1) is 0 Å². The first kappa shape index (κ1) is 30.7. The van der Waals surface area contributed by atoms with Crippen LogP contribution in [0, 0.1) is 5.92 Å². The molecule has 0 fully saturated rings. The van der Waals surface area contributed by atoms with Crippen LogP contribution in [0.3, 0.4) is 0 Å². The average Bonchev–Trinajstić information content (AvgIpc) is 3.55. The number of fused-ring (bicyclic) bond motifs is 2. The number of nitrogens with zero attached hydrogens (tertiary/aromatic N) is 3. The second kappa shape index (κ2) is 11.8. The summed E-state index contributed by atoms with van der Waals surface area (Å²) in [6.07, 6.45) is 4.04. The van der Waals surface area contributed by atoms with Crippen LogP contribution in [0.5, 0.6) is 0 Å². The van der Waals surface area contributed by atoms with Gasteiger partial charge in [0, 0.05) is 41.2 Å². The molecule has 5 aromatic carbocycles. The minimum absolute atomic E-state index is 0.0487. The van der Waals surface area contributed by atoms with Crippen molar-refractivity contribution in [3.8, 4) is 0 Å². The van der Waals surface area contributed by atoms with Crippen molar-refractivity contribution in [1.29, 1.82) is 0 Å². The summed E-state index contributed by atoms with van der Waals surface area (Å²) in [7, 11) is 0. The molecule has 3 atom stereocenters. The Hall–Kier alpha value is -5.57. The maximum absolute atomic E-state index is 14.4. The van der Waals surface area contributed by atoms with Crippen LogP contribution in [0.15, 0.2) is 121 Å². The Balaban J connectivity index is 1.13. The molecule has 2 N–H and O–H groups in total. The summed E-state index contributed by atoms with van der Waals surface area (Å²) in [5.41, 5.74) is 3.62. The van der Waals surface area contributed by atoms with E-state index in [2.05, 4.69) is 0 Å². The molecule has 49 heavy (non-hydrogen) atoms. The highest BCUT2D eigenvalue weighted by molar-refractivity contribution is 6.28. The molecule has 0 saturated heterocycles. The van der Waals surface area contributed by atoms with Crippen molar-refractivity contribution in [3.63, 3.8) is 0 Å². The van der Waals surface area contributed by atoms with Gasteiger partial charge in [0.1, 0.15) is 0 Å². The van der Waals surface area contributed by atoms with E-state index in [9.17, 15) is 24.6 Å². The molecule has 0 unspecified atom stereocenters. The van der Waals surface area contributed by atoms with Crippen molar-refractivity contribution in [1.82, 2.24) is 4.90 Å². The molecule has 0 bridgehead atoms. The van der Waals surface area contributed by atoms with Gasteiger partial charge in [0.25, 0.3) is 11.8 Å². The van der Waals surface area contributed by atoms with E-state index in [1.165, 1.54) is 4.90 Å². The number of para-hydroxylation sites is 1. The monoisotopic (exact) mass is 649 g/mol. The molecule has 8 nitrogen and oxygen atoms in total. The van der Waals surface area contributed by atoms with Crippen molar-refractivity contribution in [2.75, 3.05) is 16.4 Å². The standard InChI is InChI=1S/C41H35N3O5/c1-26(10-7-19-37(46)42-24-29-12-6-5-11-28(29)22-32(42)25-45)41(49)34-23-31(20-21-35(34)44(40(41)48)30-15-3-2-4-16-30)43-36-18-9-14-27-13-8-17-33(38(27)36)39(43)47/h2-18,20-21,23,26,32,45,49H,19,22,24-25H2,1H3/b10-7+/t26-,32+,41+/m1/s1. The summed E-state index contributed by atoms with van der Waals surface area (Å²) in [4.78, 5) is 46.5.